The quantitative estimate of drug-likeness (QED) is 0.0773. The number of carboxylic acid groups (broad SMARTS) is 1. The highest BCUT2D eigenvalue weighted by Crippen LogP contribution is 2.21. The summed E-state index contributed by atoms with van der Waals surface area (Å²) in [5.41, 5.74) is 6.22. The number of aromatic hydroxyl groups is 1. The van der Waals surface area contributed by atoms with Crippen molar-refractivity contribution in [1.82, 2.24) is 31.1 Å². The first-order chi connectivity index (χ1) is 23.7. The third-order valence-corrected chi connectivity index (χ3v) is 8.53. The number of nitrogens with one attached hydrogen (secondary N) is 4. The van der Waals surface area contributed by atoms with Gasteiger partial charge < -0.3 is 62.3 Å². The zero-order valence-corrected chi connectivity index (χ0v) is 27.5. The van der Waals surface area contributed by atoms with Crippen molar-refractivity contribution in [3.05, 3.63) is 29.8 Å². The predicted molar refractivity (Wildman–Crippen MR) is 172 cm³/mol. The molecule has 19 heteroatoms. The fourth-order valence-electron chi connectivity index (χ4n) is 5.73. The fourth-order valence-corrected chi connectivity index (χ4v) is 5.73. The molecule has 50 heavy (non-hydrogen) atoms. The first-order valence-corrected chi connectivity index (χ1v) is 16.1. The molecule has 1 aromatic rings. The molecule has 0 aliphatic carbocycles. The van der Waals surface area contributed by atoms with E-state index in [9.17, 15) is 59.1 Å². The number of likely N-dealkylation sites (tertiary alicyclic amines) is 2. The van der Waals surface area contributed by atoms with Crippen LogP contribution in [-0.2, 0) is 40.0 Å². The highest BCUT2D eigenvalue weighted by Gasteiger charge is 2.41. The molecule has 0 bridgehead atoms. The van der Waals surface area contributed by atoms with Crippen LogP contribution in [0.5, 0.6) is 5.75 Å². The van der Waals surface area contributed by atoms with Crippen LogP contribution in [0.3, 0.4) is 0 Å². The third kappa shape index (κ3) is 10.3. The van der Waals surface area contributed by atoms with Crippen LogP contribution in [0.2, 0.25) is 0 Å². The molecule has 0 radical (unpaired) electrons. The van der Waals surface area contributed by atoms with Gasteiger partial charge >= 0.3 is 5.97 Å². The third-order valence-electron chi connectivity index (χ3n) is 8.53. The number of carbonyl (C=O) groups excluding carboxylic acids is 6. The lowest BCUT2D eigenvalue weighted by Gasteiger charge is -2.30. The number of aliphatic carboxylic acids is 1. The summed E-state index contributed by atoms with van der Waals surface area (Å²) in [4.78, 5) is 91.5. The van der Waals surface area contributed by atoms with Gasteiger partial charge in [0.25, 0.3) is 0 Å². The van der Waals surface area contributed by atoms with Gasteiger partial charge in [0.2, 0.25) is 35.4 Å². The second-order valence-electron chi connectivity index (χ2n) is 12.2. The average molecular weight is 708 g/mol. The van der Waals surface area contributed by atoms with Crippen molar-refractivity contribution in [1.29, 1.82) is 0 Å². The first kappa shape index (κ1) is 39.6. The number of hydrogen-bond acceptors (Lipinski definition) is 12. The summed E-state index contributed by atoms with van der Waals surface area (Å²) in [6, 6.07) is -2.05. The van der Waals surface area contributed by atoms with E-state index in [2.05, 4.69) is 21.3 Å². The van der Waals surface area contributed by atoms with Crippen molar-refractivity contribution in [3.63, 3.8) is 0 Å². The zero-order valence-electron chi connectivity index (χ0n) is 27.5. The molecule has 2 aliphatic rings. The minimum Gasteiger partial charge on any atom is -0.508 e. The van der Waals surface area contributed by atoms with Gasteiger partial charge in [0.1, 0.15) is 42.0 Å². The van der Waals surface area contributed by atoms with Gasteiger partial charge in [-0.05, 0) is 50.3 Å². The van der Waals surface area contributed by atoms with Crippen LogP contribution in [0.25, 0.3) is 0 Å². The van der Waals surface area contributed by atoms with Gasteiger partial charge in [-0.2, -0.15) is 0 Å². The van der Waals surface area contributed by atoms with Crippen LogP contribution in [0.15, 0.2) is 24.3 Å². The summed E-state index contributed by atoms with van der Waals surface area (Å²) < 4.78 is 0. The van der Waals surface area contributed by atoms with Crippen molar-refractivity contribution in [2.45, 2.75) is 81.4 Å². The van der Waals surface area contributed by atoms with E-state index >= 15 is 0 Å². The van der Waals surface area contributed by atoms with Gasteiger partial charge in [0.15, 0.2) is 0 Å². The number of nitrogens with two attached hydrogens (primary N) is 1. The molecule has 2 saturated heterocycles. The Morgan fingerprint density at radius 2 is 1.36 bits per heavy atom. The summed E-state index contributed by atoms with van der Waals surface area (Å²) in [5.74, 6) is -6.19. The molecular weight excluding hydrogens is 662 g/mol. The maximum absolute atomic E-state index is 13.4. The van der Waals surface area contributed by atoms with Gasteiger partial charge in [-0.3, -0.25) is 28.8 Å². The Balaban J connectivity index is 1.61. The number of aliphatic hydroxyl groups is 3. The molecule has 1 aromatic carbocycles. The number of amides is 6. The van der Waals surface area contributed by atoms with E-state index in [1.165, 1.54) is 31.2 Å². The molecule has 2 heterocycles. The van der Waals surface area contributed by atoms with Gasteiger partial charge in [-0.15, -0.1) is 0 Å². The molecule has 0 aromatic heterocycles. The largest absolute Gasteiger partial charge is 0.508 e. The minimum absolute atomic E-state index is 0.0295. The average Bonchev–Trinajstić information content (AvgIpc) is 3.79. The summed E-state index contributed by atoms with van der Waals surface area (Å²) in [5, 5.41) is 57.8. The smallest absolute Gasteiger partial charge is 0.326 e. The number of rotatable bonds is 16. The number of hydrogen-bond donors (Lipinski definition) is 10. The zero-order chi connectivity index (χ0) is 37.1. The lowest BCUT2D eigenvalue weighted by atomic mass is 10.0. The second-order valence-corrected chi connectivity index (χ2v) is 12.2. The van der Waals surface area contributed by atoms with Crippen molar-refractivity contribution in [2.75, 3.05) is 32.8 Å². The monoisotopic (exact) mass is 707 g/mol. The normalized spacial score (nSPS) is 20.2. The summed E-state index contributed by atoms with van der Waals surface area (Å²) >= 11 is 0. The standard InChI is InChI=1S/C31H45N7O12/c1-16(41)25(32)28(46)35-19(12-17-6-8-18(42)9-7-17)26(44)33-13-24(43)34-20(14-39)29(47)37-10-2-4-22(37)27(45)36-21(15-40)30(48)38-11-3-5-23(38)31(49)50/h6-9,16,19-23,25,39-42H,2-5,10-15,32H2,1H3,(H,33,44)(H,34,43)(H,35,46)(H,36,45)(H,49,50)/t16-,19+,20+,21+,22+,23+,25+/m1/s1. The molecule has 0 saturated carbocycles. The maximum atomic E-state index is 13.4. The summed E-state index contributed by atoms with van der Waals surface area (Å²) in [6.07, 6.45) is -0.112. The van der Waals surface area contributed by atoms with Gasteiger partial charge in [-0.1, -0.05) is 12.1 Å². The van der Waals surface area contributed by atoms with Crippen LogP contribution < -0.4 is 27.0 Å². The van der Waals surface area contributed by atoms with Gasteiger partial charge in [0, 0.05) is 19.5 Å². The molecule has 6 amide bonds. The van der Waals surface area contributed by atoms with E-state index in [0.29, 0.717) is 18.4 Å². The molecule has 0 unspecified atom stereocenters. The lowest BCUT2D eigenvalue weighted by Crippen LogP contribution is -2.59. The number of phenolic OH excluding ortho intramolecular Hbond substituents is 1. The Kier molecular flexibility index (Phi) is 14.4. The van der Waals surface area contributed by atoms with E-state index in [4.69, 9.17) is 5.73 Å². The number of benzene rings is 1. The van der Waals surface area contributed by atoms with E-state index in [1.807, 2.05) is 0 Å². The molecule has 0 spiro atoms. The highest BCUT2D eigenvalue weighted by atomic mass is 16.4. The Morgan fingerprint density at radius 3 is 1.90 bits per heavy atom. The number of carbonyl (C=O) groups is 7. The molecule has 276 valence electrons. The number of phenols is 1. The van der Waals surface area contributed by atoms with Crippen LogP contribution in [-0.4, -0.2) is 152 Å². The molecule has 7 atom stereocenters. The van der Waals surface area contributed by atoms with Crippen molar-refractivity contribution >= 4 is 41.4 Å². The van der Waals surface area contributed by atoms with Gasteiger partial charge in [-0.25, -0.2) is 4.79 Å². The van der Waals surface area contributed by atoms with E-state index in [0.717, 1.165) is 9.80 Å². The van der Waals surface area contributed by atoms with Crippen LogP contribution in [0.1, 0.15) is 38.2 Å². The Labute approximate surface area is 287 Å². The Hall–Kier alpha value is -4.85. The Bertz CT molecular complexity index is 1410. The van der Waals surface area contributed by atoms with Crippen molar-refractivity contribution in [3.8, 4) is 5.75 Å². The predicted octanol–water partition coefficient (Wildman–Crippen LogP) is -4.74. The van der Waals surface area contributed by atoms with E-state index in [-0.39, 0.29) is 38.1 Å². The highest BCUT2D eigenvalue weighted by molar-refractivity contribution is 5.96. The molecule has 19 nitrogen and oxygen atoms in total. The lowest BCUT2D eigenvalue weighted by molar-refractivity contribution is -0.150. The van der Waals surface area contributed by atoms with Crippen molar-refractivity contribution in [2.24, 2.45) is 5.73 Å². The number of nitrogens with zero attached hydrogens (tertiary/aromatic N) is 2. The van der Waals surface area contributed by atoms with Crippen molar-refractivity contribution < 1.29 is 59.1 Å². The summed E-state index contributed by atoms with van der Waals surface area (Å²) in [7, 11) is 0. The first-order valence-electron chi connectivity index (χ1n) is 16.1. The molecular formula is C31H45N7O12. The van der Waals surface area contributed by atoms with Crippen LogP contribution in [0.4, 0.5) is 0 Å². The van der Waals surface area contributed by atoms with Crippen LogP contribution >= 0.6 is 0 Å². The molecule has 2 fully saturated rings. The number of carboxylic acids is 1. The SMILES string of the molecule is C[C@@H](O)[C@H](N)C(=O)N[C@@H](Cc1ccc(O)cc1)C(=O)NCC(=O)N[C@@H](CO)C(=O)N1CCC[C@H]1C(=O)N[C@@H](CO)C(=O)N1CCC[C@H]1C(=O)O. The minimum atomic E-state index is -1.53. The second kappa shape index (κ2) is 18.2. The topological polar surface area (TPSA) is 301 Å². The van der Waals surface area contributed by atoms with Gasteiger partial charge in [0.05, 0.1) is 25.9 Å². The molecule has 11 N–H and O–H groups in total. The maximum Gasteiger partial charge on any atom is 0.326 e. The molecule has 3 rings (SSSR count). The Morgan fingerprint density at radius 1 is 0.820 bits per heavy atom. The van der Waals surface area contributed by atoms with E-state index < -0.39 is 104 Å². The van der Waals surface area contributed by atoms with E-state index in [1.54, 1.807) is 0 Å². The summed E-state index contributed by atoms with van der Waals surface area (Å²) in [6.45, 7) is -0.881. The molecule has 2 aliphatic heterocycles. The fraction of sp³-hybridized carbons (Fsp3) is 0.581. The van der Waals surface area contributed by atoms with Crippen LogP contribution in [0, 0.1) is 0 Å². The number of aliphatic hydroxyl groups excluding tert-OH is 3.